The summed E-state index contributed by atoms with van der Waals surface area (Å²) in [6.45, 7) is 4.06. The van der Waals surface area contributed by atoms with Gasteiger partial charge in [0, 0.05) is 31.2 Å². The molecule has 1 aliphatic heterocycles. The lowest BCUT2D eigenvalue weighted by Crippen LogP contribution is -2.49. The first-order valence-electron chi connectivity index (χ1n) is 8.11. The molecule has 2 rings (SSSR count). The van der Waals surface area contributed by atoms with Crippen LogP contribution in [0.3, 0.4) is 0 Å². The number of methoxy groups -OCH3 is 1. The number of nitrogens with one attached hydrogen (secondary N) is 2. The maximum Gasteiger partial charge on any atom is 0.317 e. The molecule has 0 aromatic heterocycles. The molecule has 1 aromatic carbocycles. The third-order valence-electron chi connectivity index (χ3n) is 3.98. The molecular formula is C17H25N3O3. The number of piperidine rings is 1. The Balaban J connectivity index is 1.81. The molecule has 1 aliphatic rings. The number of ether oxygens (including phenoxy) is 1. The molecule has 23 heavy (non-hydrogen) atoms. The van der Waals surface area contributed by atoms with Crippen LogP contribution >= 0.6 is 0 Å². The summed E-state index contributed by atoms with van der Waals surface area (Å²) >= 11 is 0. The van der Waals surface area contributed by atoms with Gasteiger partial charge < -0.3 is 20.3 Å². The molecular weight excluding hydrogens is 294 g/mol. The minimum absolute atomic E-state index is 0.00979. The van der Waals surface area contributed by atoms with Crippen LogP contribution in [-0.4, -0.2) is 49.6 Å². The van der Waals surface area contributed by atoms with Crippen molar-refractivity contribution in [3.8, 4) is 5.75 Å². The zero-order chi connectivity index (χ0) is 16.7. The summed E-state index contributed by atoms with van der Waals surface area (Å²) < 4.78 is 5.14. The standard InChI is InChI=1S/C17H25N3O3/c1-3-9-18-17(22)20-10-7-14(8-11-20)19-16(21)13-5-4-6-15(12-13)23-2/h4-6,12,14H,3,7-11H2,1-2H3,(H,18,22)(H,19,21). The molecule has 3 amide bonds. The van der Waals surface area contributed by atoms with E-state index in [4.69, 9.17) is 4.74 Å². The lowest BCUT2D eigenvalue weighted by atomic mass is 10.0. The molecule has 126 valence electrons. The summed E-state index contributed by atoms with van der Waals surface area (Å²) in [5.41, 5.74) is 0.590. The zero-order valence-corrected chi connectivity index (χ0v) is 13.8. The topological polar surface area (TPSA) is 70.7 Å². The summed E-state index contributed by atoms with van der Waals surface area (Å²) in [4.78, 5) is 26.0. The van der Waals surface area contributed by atoms with Crippen molar-refractivity contribution < 1.29 is 14.3 Å². The maximum atomic E-state index is 12.3. The van der Waals surface area contributed by atoms with Gasteiger partial charge in [-0.05, 0) is 37.5 Å². The summed E-state index contributed by atoms with van der Waals surface area (Å²) in [5.74, 6) is 0.567. The number of nitrogens with zero attached hydrogens (tertiary/aromatic N) is 1. The highest BCUT2D eigenvalue weighted by molar-refractivity contribution is 5.94. The van der Waals surface area contributed by atoms with E-state index in [0.29, 0.717) is 30.9 Å². The van der Waals surface area contributed by atoms with E-state index in [0.717, 1.165) is 19.3 Å². The van der Waals surface area contributed by atoms with Gasteiger partial charge in [-0.1, -0.05) is 13.0 Å². The largest absolute Gasteiger partial charge is 0.497 e. The van der Waals surface area contributed by atoms with Gasteiger partial charge in [-0.25, -0.2) is 4.79 Å². The first-order valence-corrected chi connectivity index (χ1v) is 8.11. The van der Waals surface area contributed by atoms with Gasteiger partial charge in [-0.3, -0.25) is 4.79 Å². The lowest BCUT2D eigenvalue weighted by Gasteiger charge is -2.32. The Morgan fingerprint density at radius 2 is 2.04 bits per heavy atom. The number of likely N-dealkylation sites (tertiary alicyclic amines) is 1. The van der Waals surface area contributed by atoms with Crippen molar-refractivity contribution in [2.45, 2.75) is 32.2 Å². The number of benzene rings is 1. The van der Waals surface area contributed by atoms with Crippen LogP contribution in [0.1, 0.15) is 36.5 Å². The SMILES string of the molecule is CCCNC(=O)N1CCC(NC(=O)c2cccc(OC)c2)CC1. The van der Waals surface area contributed by atoms with Crippen molar-refractivity contribution >= 4 is 11.9 Å². The smallest absolute Gasteiger partial charge is 0.317 e. The van der Waals surface area contributed by atoms with Crippen molar-refractivity contribution in [2.24, 2.45) is 0 Å². The van der Waals surface area contributed by atoms with Crippen LogP contribution in [0, 0.1) is 0 Å². The van der Waals surface area contributed by atoms with Crippen LogP contribution in [-0.2, 0) is 0 Å². The number of carbonyl (C=O) groups excluding carboxylic acids is 2. The van der Waals surface area contributed by atoms with Crippen molar-refractivity contribution in [2.75, 3.05) is 26.7 Å². The molecule has 0 spiro atoms. The van der Waals surface area contributed by atoms with Crippen LogP contribution in [0.5, 0.6) is 5.75 Å². The highest BCUT2D eigenvalue weighted by Crippen LogP contribution is 2.15. The summed E-state index contributed by atoms with van der Waals surface area (Å²) in [6, 6.07) is 7.19. The minimum Gasteiger partial charge on any atom is -0.497 e. The van der Waals surface area contributed by atoms with Gasteiger partial charge in [0.15, 0.2) is 0 Å². The van der Waals surface area contributed by atoms with E-state index in [1.165, 1.54) is 0 Å². The number of carbonyl (C=O) groups is 2. The number of rotatable bonds is 5. The Morgan fingerprint density at radius 3 is 2.70 bits per heavy atom. The summed E-state index contributed by atoms with van der Waals surface area (Å²) in [5, 5.41) is 5.92. The molecule has 0 bridgehead atoms. The molecule has 0 radical (unpaired) electrons. The molecule has 0 atom stereocenters. The third kappa shape index (κ3) is 4.87. The predicted molar refractivity (Wildman–Crippen MR) is 88.7 cm³/mol. The van der Waals surface area contributed by atoms with Gasteiger partial charge in [-0.2, -0.15) is 0 Å². The fourth-order valence-electron chi connectivity index (χ4n) is 2.60. The van der Waals surface area contributed by atoms with Gasteiger partial charge in [0.2, 0.25) is 0 Å². The molecule has 1 heterocycles. The molecule has 1 fully saturated rings. The van der Waals surface area contributed by atoms with Crippen LogP contribution in [0.15, 0.2) is 24.3 Å². The first-order chi connectivity index (χ1) is 11.1. The predicted octanol–water partition coefficient (Wildman–Crippen LogP) is 2.01. The molecule has 0 unspecified atom stereocenters. The van der Waals surface area contributed by atoms with Gasteiger partial charge in [0.05, 0.1) is 7.11 Å². The Kier molecular flexibility index (Phi) is 6.26. The molecule has 6 nitrogen and oxygen atoms in total. The minimum atomic E-state index is -0.0993. The normalized spacial score (nSPS) is 15.1. The highest BCUT2D eigenvalue weighted by Gasteiger charge is 2.23. The molecule has 1 saturated heterocycles. The second-order valence-electron chi connectivity index (χ2n) is 5.70. The Labute approximate surface area is 137 Å². The zero-order valence-electron chi connectivity index (χ0n) is 13.8. The number of amides is 3. The summed E-state index contributed by atoms with van der Waals surface area (Å²) in [7, 11) is 1.58. The van der Waals surface area contributed by atoms with Gasteiger partial charge in [0.25, 0.3) is 5.91 Å². The van der Waals surface area contributed by atoms with E-state index >= 15 is 0 Å². The van der Waals surface area contributed by atoms with Crippen molar-refractivity contribution in [1.29, 1.82) is 0 Å². The van der Waals surface area contributed by atoms with Gasteiger partial charge >= 0.3 is 6.03 Å². The monoisotopic (exact) mass is 319 g/mol. The fraction of sp³-hybridized carbons (Fsp3) is 0.529. The van der Waals surface area contributed by atoms with Crippen molar-refractivity contribution in [3.05, 3.63) is 29.8 Å². The quantitative estimate of drug-likeness (QED) is 0.872. The molecule has 0 aliphatic carbocycles. The number of hydrogen-bond donors (Lipinski definition) is 2. The molecule has 2 N–H and O–H groups in total. The van der Waals surface area contributed by atoms with E-state index in [2.05, 4.69) is 10.6 Å². The summed E-state index contributed by atoms with van der Waals surface area (Å²) in [6.07, 6.45) is 2.48. The van der Waals surface area contributed by atoms with Crippen LogP contribution in [0.4, 0.5) is 4.79 Å². The Morgan fingerprint density at radius 1 is 1.30 bits per heavy atom. The lowest BCUT2D eigenvalue weighted by molar-refractivity contribution is 0.0917. The number of urea groups is 1. The van der Waals surface area contributed by atoms with Crippen molar-refractivity contribution in [1.82, 2.24) is 15.5 Å². The van der Waals surface area contributed by atoms with Crippen LogP contribution in [0.25, 0.3) is 0 Å². The second-order valence-corrected chi connectivity index (χ2v) is 5.70. The fourth-order valence-corrected chi connectivity index (χ4v) is 2.60. The first kappa shape index (κ1) is 17.1. The second kappa shape index (κ2) is 8.41. The maximum absolute atomic E-state index is 12.3. The van der Waals surface area contributed by atoms with E-state index in [9.17, 15) is 9.59 Å². The Hall–Kier alpha value is -2.24. The molecule has 0 saturated carbocycles. The third-order valence-corrected chi connectivity index (χ3v) is 3.98. The highest BCUT2D eigenvalue weighted by atomic mass is 16.5. The van der Waals surface area contributed by atoms with Crippen molar-refractivity contribution in [3.63, 3.8) is 0 Å². The molecule has 6 heteroatoms. The van der Waals surface area contributed by atoms with E-state index < -0.39 is 0 Å². The Bertz CT molecular complexity index is 540. The van der Waals surface area contributed by atoms with Gasteiger partial charge in [0.1, 0.15) is 5.75 Å². The average molecular weight is 319 g/mol. The number of hydrogen-bond acceptors (Lipinski definition) is 3. The van der Waals surface area contributed by atoms with E-state index in [1.54, 1.807) is 25.3 Å². The van der Waals surface area contributed by atoms with Gasteiger partial charge in [-0.15, -0.1) is 0 Å². The van der Waals surface area contributed by atoms with Crippen LogP contribution < -0.4 is 15.4 Å². The van der Waals surface area contributed by atoms with Crippen LogP contribution in [0.2, 0.25) is 0 Å². The van der Waals surface area contributed by atoms with E-state index in [-0.39, 0.29) is 18.0 Å². The average Bonchev–Trinajstić information content (AvgIpc) is 2.60. The van der Waals surface area contributed by atoms with E-state index in [1.807, 2.05) is 17.9 Å². The molecule has 1 aromatic rings.